The topological polar surface area (TPSA) is 80.9 Å². The number of tetrazole rings is 1. The Bertz CT molecular complexity index is 931. The Morgan fingerprint density at radius 2 is 1.91 bits per heavy atom. The van der Waals surface area contributed by atoms with Crippen molar-refractivity contribution in [3.63, 3.8) is 0 Å². The second-order valence-electron chi connectivity index (χ2n) is 11.9. The molecule has 5 fully saturated rings. The van der Waals surface area contributed by atoms with Crippen LogP contribution in [0.1, 0.15) is 77.6 Å². The van der Waals surface area contributed by atoms with Gasteiger partial charge in [-0.25, -0.2) is 0 Å². The third kappa shape index (κ3) is 3.52. The minimum Gasteiger partial charge on any atom is -0.378 e. The van der Waals surface area contributed by atoms with E-state index in [1.165, 1.54) is 49.6 Å². The Morgan fingerprint density at radius 3 is 2.69 bits per heavy atom. The van der Waals surface area contributed by atoms with Crippen LogP contribution in [0.3, 0.4) is 0 Å². The van der Waals surface area contributed by atoms with Gasteiger partial charge in [-0.2, -0.15) is 4.80 Å². The van der Waals surface area contributed by atoms with Crippen molar-refractivity contribution in [1.29, 1.82) is 0 Å². The zero-order valence-electron chi connectivity index (χ0n) is 19.2. The summed E-state index contributed by atoms with van der Waals surface area (Å²) in [5.74, 6) is 11.2. The van der Waals surface area contributed by atoms with E-state index in [1.807, 2.05) is 0 Å². The molecule has 172 valence electrons. The molecular formula is C26H36N4O2. The van der Waals surface area contributed by atoms with Crippen molar-refractivity contribution in [2.75, 3.05) is 0 Å². The molecule has 6 nitrogen and oxygen atoms in total. The highest BCUT2D eigenvalue weighted by atomic mass is 16.3. The van der Waals surface area contributed by atoms with Crippen LogP contribution in [-0.2, 0) is 11.3 Å². The van der Waals surface area contributed by atoms with Crippen LogP contribution in [0.15, 0.2) is 6.33 Å². The van der Waals surface area contributed by atoms with Gasteiger partial charge in [-0.05, 0) is 111 Å². The Morgan fingerprint density at radius 1 is 1.06 bits per heavy atom. The molecule has 0 spiro atoms. The summed E-state index contributed by atoms with van der Waals surface area (Å²) < 4.78 is 0. The maximum atomic E-state index is 13.2. The van der Waals surface area contributed by atoms with Gasteiger partial charge in [0, 0.05) is 11.8 Å². The first-order valence-electron chi connectivity index (χ1n) is 12.9. The van der Waals surface area contributed by atoms with Crippen LogP contribution < -0.4 is 0 Å². The average molecular weight is 437 g/mol. The molecule has 1 aromatic rings. The maximum absolute atomic E-state index is 13.2. The van der Waals surface area contributed by atoms with E-state index in [1.54, 1.807) is 0 Å². The largest absolute Gasteiger partial charge is 0.378 e. The second-order valence-corrected chi connectivity index (χ2v) is 11.9. The van der Waals surface area contributed by atoms with E-state index in [2.05, 4.69) is 34.2 Å². The summed E-state index contributed by atoms with van der Waals surface area (Å²) in [6, 6.07) is 0. The summed E-state index contributed by atoms with van der Waals surface area (Å²) >= 11 is 0. The van der Waals surface area contributed by atoms with Gasteiger partial charge in [0.15, 0.2) is 12.1 Å². The first kappa shape index (κ1) is 20.8. The van der Waals surface area contributed by atoms with E-state index in [4.69, 9.17) is 0 Å². The highest BCUT2D eigenvalue weighted by molar-refractivity contribution is 5.81. The molecule has 1 heterocycles. The lowest BCUT2D eigenvalue weighted by molar-refractivity contribution is -0.132. The lowest BCUT2D eigenvalue weighted by atomic mass is 9.49. The summed E-state index contributed by atoms with van der Waals surface area (Å²) in [4.78, 5) is 14.6. The maximum Gasteiger partial charge on any atom is 0.162 e. The van der Waals surface area contributed by atoms with Gasteiger partial charge in [-0.15, -0.1) is 10.2 Å². The number of ketones is 1. The van der Waals surface area contributed by atoms with E-state index in [0.717, 1.165) is 49.9 Å². The fourth-order valence-electron chi connectivity index (χ4n) is 8.50. The lowest BCUT2D eigenvalue weighted by Crippen LogP contribution is -2.51. The van der Waals surface area contributed by atoms with Gasteiger partial charge in [-0.3, -0.25) is 4.79 Å². The van der Waals surface area contributed by atoms with Crippen molar-refractivity contribution >= 4 is 5.78 Å². The summed E-state index contributed by atoms with van der Waals surface area (Å²) in [5.41, 5.74) is -0.614. The van der Waals surface area contributed by atoms with E-state index in [0.29, 0.717) is 17.8 Å². The van der Waals surface area contributed by atoms with Gasteiger partial charge in [-0.1, -0.05) is 18.8 Å². The molecule has 5 saturated carbocycles. The number of carbonyl (C=O) groups is 1. The highest BCUT2D eigenvalue weighted by Gasteiger charge is 2.59. The van der Waals surface area contributed by atoms with Crippen LogP contribution in [0.5, 0.6) is 0 Å². The second kappa shape index (κ2) is 7.65. The third-order valence-corrected chi connectivity index (χ3v) is 10.2. The third-order valence-electron chi connectivity index (χ3n) is 10.2. The number of Topliss-reactive ketones (excluding diaryl/α,β-unsaturated/α-hetero) is 1. The predicted octanol–water partition coefficient (Wildman–Crippen LogP) is 3.66. The minimum absolute atomic E-state index is 0.122. The van der Waals surface area contributed by atoms with Gasteiger partial charge in [0.05, 0.1) is 0 Å². The zero-order valence-corrected chi connectivity index (χ0v) is 19.2. The summed E-state index contributed by atoms with van der Waals surface area (Å²) in [6.45, 7) is 2.66. The Kier molecular flexibility index (Phi) is 4.98. The zero-order chi connectivity index (χ0) is 21.9. The molecule has 1 N–H and O–H groups in total. The number of nitrogens with zero attached hydrogens (tertiary/aromatic N) is 4. The molecule has 0 radical (unpaired) electrons. The molecule has 0 bridgehead atoms. The fourth-order valence-corrected chi connectivity index (χ4v) is 8.50. The Labute approximate surface area is 190 Å². The standard InChI is InChI=1S/C26H36N4O2/c1-25-11-9-20-19-10-13-26(32,12-8-17-2-3-17)14-18(19)4-5-21(20)22(25)6-7-23(25)24(31)15-30-28-16-27-29-30/h16-23,32H,2-7,9-11,13-15H2,1H3. The predicted molar refractivity (Wildman–Crippen MR) is 119 cm³/mol. The number of hydrogen-bond donors (Lipinski definition) is 1. The van der Waals surface area contributed by atoms with E-state index in [9.17, 15) is 9.90 Å². The van der Waals surface area contributed by atoms with Crippen molar-refractivity contribution in [3.05, 3.63) is 6.33 Å². The molecule has 0 aliphatic heterocycles. The molecule has 6 rings (SSSR count). The quantitative estimate of drug-likeness (QED) is 0.732. The molecule has 32 heavy (non-hydrogen) atoms. The van der Waals surface area contributed by atoms with Crippen molar-refractivity contribution < 1.29 is 9.90 Å². The van der Waals surface area contributed by atoms with Gasteiger partial charge >= 0.3 is 0 Å². The van der Waals surface area contributed by atoms with Crippen LogP contribution >= 0.6 is 0 Å². The number of carbonyl (C=O) groups excluding carboxylic acids is 1. The van der Waals surface area contributed by atoms with Gasteiger partial charge in [0.2, 0.25) is 0 Å². The first-order valence-corrected chi connectivity index (χ1v) is 12.9. The molecule has 6 heteroatoms. The van der Waals surface area contributed by atoms with E-state index in [-0.39, 0.29) is 23.7 Å². The summed E-state index contributed by atoms with van der Waals surface area (Å²) in [5, 5.41) is 22.9. The molecule has 8 unspecified atom stereocenters. The van der Waals surface area contributed by atoms with E-state index < -0.39 is 5.60 Å². The smallest absolute Gasteiger partial charge is 0.162 e. The Balaban J connectivity index is 1.15. The van der Waals surface area contributed by atoms with Crippen molar-refractivity contribution in [2.45, 2.75) is 89.7 Å². The number of fused-ring (bicyclic) bond motifs is 5. The Hall–Kier alpha value is -1.74. The van der Waals surface area contributed by atoms with E-state index >= 15 is 0 Å². The van der Waals surface area contributed by atoms with Crippen LogP contribution in [0, 0.1) is 58.7 Å². The molecule has 8 atom stereocenters. The number of rotatable bonds is 3. The molecular weight excluding hydrogens is 400 g/mol. The molecule has 0 saturated heterocycles. The SMILES string of the molecule is CC12CCC3C4CCC(O)(C#CC5CC5)CC4CCC3C1CCC2C(=O)Cn1ncnn1. The van der Waals surface area contributed by atoms with Crippen LogP contribution in [0.25, 0.3) is 0 Å². The summed E-state index contributed by atoms with van der Waals surface area (Å²) in [6.07, 6.45) is 13.8. The molecule has 5 aliphatic carbocycles. The van der Waals surface area contributed by atoms with Gasteiger partial charge in [0.25, 0.3) is 0 Å². The minimum atomic E-state index is -0.736. The summed E-state index contributed by atoms with van der Waals surface area (Å²) in [7, 11) is 0. The van der Waals surface area contributed by atoms with Crippen molar-refractivity contribution in [1.82, 2.24) is 20.2 Å². The average Bonchev–Trinajstić information content (AvgIpc) is 3.34. The highest BCUT2D eigenvalue weighted by Crippen LogP contribution is 2.64. The molecule has 0 amide bonds. The van der Waals surface area contributed by atoms with Crippen LogP contribution in [0.4, 0.5) is 0 Å². The van der Waals surface area contributed by atoms with Gasteiger partial charge in [0.1, 0.15) is 12.1 Å². The number of aromatic nitrogens is 4. The van der Waals surface area contributed by atoms with Crippen molar-refractivity contribution in [2.24, 2.45) is 46.8 Å². The molecule has 5 aliphatic rings. The fraction of sp³-hybridized carbons (Fsp3) is 0.846. The first-order chi connectivity index (χ1) is 15.5. The van der Waals surface area contributed by atoms with Crippen LogP contribution in [0.2, 0.25) is 0 Å². The molecule has 0 aromatic carbocycles. The number of hydrogen-bond acceptors (Lipinski definition) is 5. The number of aliphatic hydroxyl groups is 1. The van der Waals surface area contributed by atoms with Crippen molar-refractivity contribution in [3.8, 4) is 11.8 Å². The van der Waals surface area contributed by atoms with Gasteiger partial charge < -0.3 is 5.11 Å². The normalized spacial score (nSPS) is 45.2. The molecule has 1 aromatic heterocycles. The van der Waals surface area contributed by atoms with Crippen LogP contribution in [-0.4, -0.2) is 36.7 Å². The lowest BCUT2D eigenvalue weighted by Gasteiger charge is -2.56. The monoisotopic (exact) mass is 436 g/mol.